The van der Waals surface area contributed by atoms with Gasteiger partial charge in [-0.3, -0.25) is 9.58 Å². The first-order valence-corrected chi connectivity index (χ1v) is 9.95. The lowest BCUT2D eigenvalue weighted by atomic mass is 10.0. The minimum Gasteiger partial charge on any atom is -0.296 e. The van der Waals surface area contributed by atoms with Crippen molar-refractivity contribution in [2.24, 2.45) is 0 Å². The number of nitrogens with zero attached hydrogens (tertiary/aromatic N) is 3. The van der Waals surface area contributed by atoms with Gasteiger partial charge in [0.15, 0.2) is 0 Å². The lowest BCUT2D eigenvalue weighted by molar-refractivity contribution is 0.346. The molecule has 0 unspecified atom stereocenters. The van der Waals surface area contributed by atoms with Crippen molar-refractivity contribution in [3.05, 3.63) is 101 Å². The maximum Gasteiger partial charge on any atom is 0.132 e. The normalized spacial score (nSPS) is 13.6. The maximum absolute atomic E-state index is 14.7. The fraction of sp³-hybridized carbons (Fsp3) is 0.160. The van der Waals surface area contributed by atoms with E-state index in [0.717, 1.165) is 46.7 Å². The highest BCUT2D eigenvalue weighted by atomic mass is 19.1. The van der Waals surface area contributed by atoms with Gasteiger partial charge in [-0.15, -0.1) is 0 Å². The second kappa shape index (κ2) is 7.50. The van der Waals surface area contributed by atoms with E-state index in [1.165, 1.54) is 18.2 Å². The van der Waals surface area contributed by atoms with Crippen LogP contribution in [0.3, 0.4) is 0 Å². The van der Waals surface area contributed by atoms with Gasteiger partial charge >= 0.3 is 0 Å². The first-order chi connectivity index (χ1) is 14.6. The van der Waals surface area contributed by atoms with E-state index < -0.39 is 0 Å². The molecule has 0 fully saturated rings. The van der Waals surface area contributed by atoms with Crippen LogP contribution in [0.2, 0.25) is 0 Å². The number of benzene rings is 3. The summed E-state index contributed by atoms with van der Waals surface area (Å²) in [6.45, 7) is 2.06. The van der Waals surface area contributed by atoms with Crippen molar-refractivity contribution in [3.63, 3.8) is 0 Å². The molecule has 4 aromatic rings. The van der Waals surface area contributed by atoms with Gasteiger partial charge in [-0.25, -0.2) is 8.78 Å². The standard InChI is InChI=1S/C25H21F2N3/c1-29-15-22-24(16-29)28-30(25(22)21-7-2-3-8-23(21)27)14-17-5-4-6-19(13-17)18-9-11-20(26)12-10-18/h2-13H,14-16H2,1H3. The van der Waals surface area contributed by atoms with Crippen LogP contribution in [0.15, 0.2) is 72.8 Å². The van der Waals surface area contributed by atoms with Gasteiger partial charge in [0, 0.05) is 24.2 Å². The Labute approximate surface area is 174 Å². The number of rotatable bonds is 4. The molecule has 0 atom stereocenters. The first kappa shape index (κ1) is 18.7. The van der Waals surface area contributed by atoms with Crippen LogP contribution in [0.25, 0.3) is 22.4 Å². The molecular formula is C25H21F2N3. The Bertz CT molecular complexity index is 1210. The van der Waals surface area contributed by atoms with Crippen LogP contribution < -0.4 is 0 Å². The molecule has 2 heterocycles. The molecule has 3 aromatic carbocycles. The molecule has 0 saturated carbocycles. The summed E-state index contributed by atoms with van der Waals surface area (Å²) in [7, 11) is 2.04. The molecule has 0 radical (unpaired) electrons. The van der Waals surface area contributed by atoms with Crippen molar-refractivity contribution in [3.8, 4) is 22.4 Å². The summed E-state index contributed by atoms with van der Waals surface area (Å²) in [5.74, 6) is -0.489. The molecule has 150 valence electrons. The van der Waals surface area contributed by atoms with Crippen molar-refractivity contribution in [1.29, 1.82) is 0 Å². The zero-order valence-corrected chi connectivity index (χ0v) is 16.6. The molecule has 0 aliphatic carbocycles. The lowest BCUT2D eigenvalue weighted by Gasteiger charge is -2.14. The molecule has 5 heteroatoms. The smallest absolute Gasteiger partial charge is 0.132 e. The van der Waals surface area contributed by atoms with Crippen molar-refractivity contribution < 1.29 is 8.78 Å². The fourth-order valence-electron chi connectivity index (χ4n) is 4.16. The minimum absolute atomic E-state index is 0.240. The summed E-state index contributed by atoms with van der Waals surface area (Å²) >= 11 is 0. The van der Waals surface area contributed by atoms with Gasteiger partial charge in [0.05, 0.1) is 17.9 Å². The average molecular weight is 401 g/mol. The quantitative estimate of drug-likeness (QED) is 0.451. The van der Waals surface area contributed by atoms with E-state index in [9.17, 15) is 8.78 Å². The topological polar surface area (TPSA) is 21.1 Å². The van der Waals surface area contributed by atoms with Crippen molar-refractivity contribution in [2.75, 3.05) is 7.05 Å². The van der Waals surface area contributed by atoms with Crippen LogP contribution in [0, 0.1) is 11.6 Å². The highest BCUT2D eigenvalue weighted by Crippen LogP contribution is 2.34. The number of halogens is 2. The molecule has 1 aromatic heterocycles. The molecule has 0 saturated heterocycles. The summed E-state index contributed by atoms with van der Waals surface area (Å²) in [5.41, 5.74) is 6.55. The van der Waals surface area contributed by atoms with Crippen molar-refractivity contribution in [1.82, 2.24) is 14.7 Å². The monoisotopic (exact) mass is 401 g/mol. The maximum atomic E-state index is 14.7. The Morgan fingerprint density at radius 1 is 0.867 bits per heavy atom. The summed E-state index contributed by atoms with van der Waals surface area (Å²) in [5, 5.41) is 4.83. The van der Waals surface area contributed by atoms with E-state index >= 15 is 0 Å². The van der Waals surface area contributed by atoms with Crippen molar-refractivity contribution >= 4 is 0 Å². The number of hydrogen-bond acceptors (Lipinski definition) is 2. The van der Waals surface area contributed by atoms with Crippen LogP contribution >= 0.6 is 0 Å². The molecule has 3 nitrogen and oxygen atoms in total. The molecule has 0 N–H and O–H groups in total. The number of hydrogen-bond donors (Lipinski definition) is 0. The van der Waals surface area contributed by atoms with E-state index in [0.29, 0.717) is 12.1 Å². The number of aromatic nitrogens is 2. The van der Waals surface area contributed by atoms with E-state index in [-0.39, 0.29) is 11.6 Å². The Morgan fingerprint density at radius 2 is 1.67 bits per heavy atom. The summed E-state index contributed by atoms with van der Waals surface area (Å²) < 4.78 is 29.9. The van der Waals surface area contributed by atoms with Crippen LogP contribution in [-0.2, 0) is 19.6 Å². The highest BCUT2D eigenvalue weighted by molar-refractivity contribution is 5.67. The van der Waals surface area contributed by atoms with Crippen LogP contribution in [0.5, 0.6) is 0 Å². The zero-order valence-electron chi connectivity index (χ0n) is 16.6. The van der Waals surface area contributed by atoms with Gasteiger partial charge in [-0.1, -0.05) is 42.5 Å². The Kier molecular flexibility index (Phi) is 4.68. The largest absolute Gasteiger partial charge is 0.296 e. The number of fused-ring (bicyclic) bond motifs is 1. The highest BCUT2D eigenvalue weighted by Gasteiger charge is 2.27. The predicted molar refractivity (Wildman–Crippen MR) is 114 cm³/mol. The minimum atomic E-state index is -0.250. The second-order valence-corrected chi connectivity index (χ2v) is 7.79. The lowest BCUT2D eigenvalue weighted by Crippen LogP contribution is -2.13. The predicted octanol–water partition coefficient (Wildman–Crippen LogP) is 5.49. The van der Waals surface area contributed by atoms with E-state index in [1.54, 1.807) is 18.2 Å². The summed E-state index contributed by atoms with van der Waals surface area (Å²) in [6.07, 6.45) is 0. The van der Waals surface area contributed by atoms with E-state index in [2.05, 4.69) is 11.0 Å². The third kappa shape index (κ3) is 3.42. The summed E-state index contributed by atoms with van der Waals surface area (Å²) in [4.78, 5) is 2.18. The van der Waals surface area contributed by atoms with Crippen LogP contribution in [0.1, 0.15) is 16.8 Å². The van der Waals surface area contributed by atoms with Gasteiger partial charge in [0.1, 0.15) is 11.6 Å². The Hall–Kier alpha value is -3.31. The molecule has 0 spiro atoms. The average Bonchev–Trinajstić information content (AvgIpc) is 3.24. The van der Waals surface area contributed by atoms with Crippen molar-refractivity contribution in [2.45, 2.75) is 19.6 Å². The van der Waals surface area contributed by atoms with Gasteiger partial charge in [0.25, 0.3) is 0 Å². The van der Waals surface area contributed by atoms with Crippen LogP contribution in [-0.4, -0.2) is 21.7 Å². The molecule has 0 amide bonds. The van der Waals surface area contributed by atoms with E-state index in [4.69, 9.17) is 5.10 Å². The Balaban J connectivity index is 1.55. The Morgan fingerprint density at radius 3 is 2.47 bits per heavy atom. The molecule has 0 bridgehead atoms. The second-order valence-electron chi connectivity index (χ2n) is 7.79. The van der Waals surface area contributed by atoms with Gasteiger partial charge in [-0.2, -0.15) is 5.10 Å². The SMILES string of the molecule is CN1Cc2nn(Cc3cccc(-c4ccc(F)cc4)c3)c(-c3ccccc3F)c2C1. The molecule has 5 rings (SSSR count). The van der Waals surface area contributed by atoms with E-state index in [1.807, 2.05) is 42.1 Å². The summed E-state index contributed by atoms with van der Waals surface area (Å²) in [6, 6.07) is 21.5. The molecule has 30 heavy (non-hydrogen) atoms. The molecule has 1 aliphatic rings. The zero-order chi connectivity index (χ0) is 20.7. The first-order valence-electron chi connectivity index (χ1n) is 9.95. The van der Waals surface area contributed by atoms with Gasteiger partial charge in [0.2, 0.25) is 0 Å². The third-order valence-electron chi connectivity index (χ3n) is 5.55. The van der Waals surface area contributed by atoms with Gasteiger partial charge < -0.3 is 0 Å². The fourth-order valence-corrected chi connectivity index (χ4v) is 4.16. The van der Waals surface area contributed by atoms with Gasteiger partial charge in [-0.05, 0) is 54.1 Å². The third-order valence-corrected chi connectivity index (χ3v) is 5.55. The molecular weight excluding hydrogens is 380 g/mol. The molecule has 1 aliphatic heterocycles. The van der Waals surface area contributed by atoms with Crippen LogP contribution in [0.4, 0.5) is 8.78 Å².